The molecule has 8 nitrogen and oxygen atoms in total. The van der Waals surface area contributed by atoms with Crippen LogP contribution in [0.3, 0.4) is 0 Å². The second-order valence-corrected chi connectivity index (χ2v) is 5.81. The molecule has 24 heavy (non-hydrogen) atoms. The van der Waals surface area contributed by atoms with Gasteiger partial charge < -0.3 is 15.2 Å². The number of esters is 1. The lowest BCUT2D eigenvalue weighted by molar-refractivity contribution is -0.126. The topological polar surface area (TPSA) is 113 Å². The van der Waals surface area contributed by atoms with Crippen LogP contribution in [-0.2, 0) is 20.9 Å². The molecule has 0 bridgehead atoms. The molecule has 1 aromatic rings. The standard InChI is InChI=1S/C15H16N2O6S/c18-7-10-1-3-11(4-2-10)14(21)23-8-12(19)16-5-6-17-13(20)9-24-15(17)22/h1-4,18H,5-9H2,(H,16,19). The molecule has 0 radical (unpaired) electrons. The summed E-state index contributed by atoms with van der Waals surface area (Å²) < 4.78 is 4.86. The van der Waals surface area contributed by atoms with Gasteiger partial charge in [-0.3, -0.25) is 19.3 Å². The van der Waals surface area contributed by atoms with E-state index in [1.54, 1.807) is 12.1 Å². The maximum atomic E-state index is 11.8. The van der Waals surface area contributed by atoms with Gasteiger partial charge in [-0.1, -0.05) is 23.9 Å². The number of hydrogen-bond donors (Lipinski definition) is 2. The highest BCUT2D eigenvalue weighted by Gasteiger charge is 2.29. The van der Waals surface area contributed by atoms with E-state index in [9.17, 15) is 19.2 Å². The summed E-state index contributed by atoms with van der Waals surface area (Å²) in [6, 6.07) is 6.15. The molecule has 1 heterocycles. The maximum absolute atomic E-state index is 11.8. The van der Waals surface area contributed by atoms with Crippen LogP contribution in [0.2, 0.25) is 0 Å². The lowest BCUT2D eigenvalue weighted by Crippen LogP contribution is -2.38. The molecule has 0 spiro atoms. The zero-order valence-corrected chi connectivity index (χ0v) is 13.5. The van der Waals surface area contributed by atoms with Crippen molar-refractivity contribution in [3.63, 3.8) is 0 Å². The molecule has 0 aliphatic carbocycles. The first kappa shape index (κ1) is 18.0. The van der Waals surface area contributed by atoms with Gasteiger partial charge in [-0.25, -0.2) is 4.79 Å². The molecule has 3 amide bonds. The molecule has 2 N–H and O–H groups in total. The number of aliphatic hydroxyl groups excluding tert-OH is 1. The fourth-order valence-corrected chi connectivity index (χ4v) is 2.67. The molecule has 1 aliphatic rings. The van der Waals surface area contributed by atoms with Crippen LogP contribution < -0.4 is 5.32 Å². The highest BCUT2D eigenvalue weighted by atomic mass is 32.2. The average Bonchev–Trinajstić information content (AvgIpc) is 2.91. The number of hydrogen-bond acceptors (Lipinski definition) is 7. The van der Waals surface area contributed by atoms with Crippen LogP contribution in [0.15, 0.2) is 24.3 Å². The Morgan fingerprint density at radius 3 is 2.54 bits per heavy atom. The molecule has 1 saturated heterocycles. The number of nitrogens with zero attached hydrogens (tertiary/aromatic N) is 1. The smallest absolute Gasteiger partial charge is 0.338 e. The van der Waals surface area contributed by atoms with Crippen molar-refractivity contribution in [2.24, 2.45) is 0 Å². The van der Waals surface area contributed by atoms with Crippen LogP contribution in [0.5, 0.6) is 0 Å². The summed E-state index contributed by atoms with van der Waals surface area (Å²) >= 11 is 0.926. The SMILES string of the molecule is O=C(COC(=O)c1ccc(CO)cc1)NCCN1C(=O)CSC1=O. The molecule has 9 heteroatoms. The van der Waals surface area contributed by atoms with Crippen LogP contribution in [0.1, 0.15) is 15.9 Å². The fourth-order valence-electron chi connectivity index (χ4n) is 1.92. The predicted molar refractivity (Wildman–Crippen MR) is 85.2 cm³/mol. The minimum Gasteiger partial charge on any atom is -0.452 e. The van der Waals surface area contributed by atoms with Crippen molar-refractivity contribution in [3.8, 4) is 0 Å². The molecule has 0 saturated carbocycles. The number of nitrogens with one attached hydrogen (secondary N) is 1. The summed E-state index contributed by atoms with van der Waals surface area (Å²) in [6.45, 7) is -0.401. The van der Waals surface area contributed by atoms with Gasteiger partial charge in [-0.2, -0.15) is 0 Å². The van der Waals surface area contributed by atoms with Crippen molar-refractivity contribution in [1.82, 2.24) is 10.2 Å². The molecule has 1 fully saturated rings. The Morgan fingerprint density at radius 2 is 1.96 bits per heavy atom. The number of ether oxygens (including phenoxy) is 1. The number of rotatable bonds is 7. The Bertz CT molecular complexity index is 630. The zero-order chi connectivity index (χ0) is 17.5. The van der Waals surface area contributed by atoms with Gasteiger partial charge in [0.05, 0.1) is 17.9 Å². The minimum atomic E-state index is -0.657. The highest BCUT2D eigenvalue weighted by molar-refractivity contribution is 8.14. The van der Waals surface area contributed by atoms with Gasteiger partial charge in [-0.15, -0.1) is 0 Å². The molecular weight excluding hydrogens is 336 g/mol. The van der Waals surface area contributed by atoms with E-state index >= 15 is 0 Å². The summed E-state index contributed by atoms with van der Waals surface area (Å²) in [6.07, 6.45) is 0. The third-order valence-electron chi connectivity index (χ3n) is 3.20. The van der Waals surface area contributed by atoms with E-state index in [1.165, 1.54) is 12.1 Å². The molecule has 0 unspecified atom stereocenters. The normalized spacial score (nSPS) is 14.0. The van der Waals surface area contributed by atoms with Gasteiger partial charge in [0.1, 0.15) is 0 Å². The van der Waals surface area contributed by atoms with Crippen molar-refractivity contribution in [2.75, 3.05) is 25.4 Å². The fraction of sp³-hybridized carbons (Fsp3) is 0.333. The van der Waals surface area contributed by atoms with Gasteiger partial charge >= 0.3 is 5.97 Å². The van der Waals surface area contributed by atoms with Crippen molar-refractivity contribution in [3.05, 3.63) is 35.4 Å². The number of aliphatic hydroxyl groups is 1. The summed E-state index contributed by atoms with van der Waals surface area (Å²) in [4.78, 5) is 47.1. The largest absolute Gasteiger partial charge is 0.452 e. The van der Waals surface area contributed by atoms with Crippen LogP contribution in [0, 0.1) is 0 Å². The van der Waals surface area contributed by atoms with Crippen LogP contribution in [0.25, 0.3) is 0 Å². The lowest BCUT2D eigenvalue weighted by Gasteiger charge is -2.13. The molecule has 0 atom stereocenters. The predicted octanol–water partition coefficient (Wildman–Crippen LogP) is 0.147. The summed E-state index contributed by atoms with van der Waals surface area (Å²) in [5.74, 6) is -1.34. The second-order valence-electron chi connectivity index (χ2n) is 4.88. The molecule has 128 valence electrons. The third-order valence-corrected chi connectivity index (χ3v) is 4.06. The number of thioether (sulfide) groups is 1. The first-order valence-corrected chi connectivity index (χ1v) is 8.10. The summed E-state index contributed by atoms with van der Waals surface area (Å²) in [7, 11) is 0. The van der Waals surface area contributed by atoms with E-state index in [1.807, 2.05) is 0 Å². The number of carbonyl (C=O) groups excluding carboxylic acids is 4. The first-order chi connectivity index (χ1) is 11.5. The Kier molecular flexibility index (Phi) is 6.33. The van der Waals surface area contributed by atoms with Gasteiger partial charge in [0.25, 0.3) is 11.1 Å². The average molecular weight is 352 g/mol. The van der Waals surface area contributed by atoms with Crippen molar-refractivity contribution < 1.29 is 29.0 Å². The summed E-state index contributed by atoms with van der Waals surface area (Å²) in [5.41, 5.74) is 0.929. The van der Waals surface area contributed by atoms with E-state index in [2.05, 4.69) is 5.32 Å². The van der Waals surface area contributed by atoms with E-state index in [-0.39, 0.29) is 42.2 Å². The van der Waals surface area contributed by atoms with E-state index < -0.39 is 18.5 Å². The van der Waals surface area contributed by atoms with Crippen molar-refractivity contribution in [2.45, 2.75) is 6.61 Å². The minimum absolute atomic E-state index is 0.0903. The van der Waals surface area contributed by atoms with E-state index in [0.717, 1.165) is 16.7 Å². The Hall–Kier alpha value is -2.39. The monoisotopic (exact) mass is 352 g/mol. The molecular formula is C15H16N2O6S. The molecule has 1 aromatic carbocycles. The third kappa shape index (κ3) is 4.80. The second kappa shape index (κ2) is 8.46. The summed E-state index contributed by atoms with van der Waals surface area (Å²) in [5, 5.41) is 11.1. The van der Waals surface area contributed by atoms with Gasteiger partial charge in [-0.05, 0) is 17.7 Å². The molecule has 1 aliphatic heterocycles. The Morgan fingerprint density at radius 1 is 1.25 bits per heavy atom. The zero-order valence-electron chi connectivity index (χ0n) is 12.7. The quantitative estimate of drug-likeness (QED) is 0.672. The number of benzene rings is 1. The van der Waals surface area contributed by atoms with Crippen LogP contribution in [0.4, 0.5) is 4.79 Å². The van der Waals surface area contributed by atoms with Crippen molar-refractivity contribution >= 4 is 34.8 Å². The number of carbonyl (C=O) groups is 4. The maximum Gasteiger partial charge on any atom is 0.338 e. The van der Waals surface area contributed by atoms with Gasteiger partial charge in [0.2, 0.25) is 5.91 Å². The van der Waals surface area contributed by atoms with Gasteiger partial charge in [0.15, 0.2) is 6.61 Å². The molecule has 0 aromatic heterocycles. The van der Waals surface area contributed by atoms with Gasteiger partial charge in [0, 0.05) is 13.1 Å². The molecule has 2 rings (SSSR count). The Labute approximate surface area is 142 Å². The van der Waals surface area contributed by atoms with Crippen molar-refractivity contribution in [1.29, 1.82) is 0 Å². The Balaban J connectivity index is 1.69. The number of imide groups is 1. The van der Waals surface area contributed by atoms with E-state index in [4.69, 9.17) is 9.84 Å². The van der Waals surface area contributed by atoms with E-state index in [0.29, 0.717) is 5.56 Å². The van der Waals surface area contributed by atoms with Crippen LogP contribution in [-0.4, -0.2) is 58.5 Å². The lowest BCUT2D eigenvalue weighted by atomic mass is 10.1. The highest BCUT2D eigenvalue weighted by Crippen LogP contribution is 2.17. The first-order valence-electron chi connectivity index (χ1n) is 7.12. The van der Waals surface area contributed by atoms with Crippen LogP contribution >= 0.6 is 11.8 Å². The number of amides is 3.